The maximum absolute atomic E-state index is 13.2. The van der Waals surface area contributed by atoms with Crippen LogP contribution in [0.4, 0.5) is 5.69 Å². The van der Waals surface area contributed by atoms with Crippen molar-refractivity contribution >= 4 is 23.5 Å². The number of carbonyl (C=O) groups is 3. The van der Waals surface area contributed by atoms with E-state index in [9.17, 15) is 14.4 Å². The maximum atomic E-state index is 13.2. The second-order valence-corrected chi connectivity index (χ2v) is 10.1. The van der Waals surface area contributed by atoms with Crippen molar-refractivity contribution in [3.8, 4) is 0 Å². The van der Waals surface area contributed by atoms with E-state index < -0.39 is 11.9 Å². The lowest BCUT2D eigenvalue weighted by molar-refractivity contribution is 0.0691. The number of carboxylic acids is 1. The van der Waals surface area contributed by atoms with E-state index in [4.69, 9.17) is 5.11 Å². The van der Waals surface area contributed by atoms with Crippen molar-refractivity contribution in [2.75, 3.05) is 11.9 Å². The number of amides is 2. The number of fused-ring (bicyclic) bond motifs is 2. The first-order chi connectivity index (χ1) is 14.6. The highest BCUT2D eigenvalue weighted by Crippen LogP contribution is 2.52. The number of aromatic carboxylic acids is 1. The van der Waals surface area contributed by atoms with Crippen LogP contribution in [0.5, 0.6) is 0 Å². The molecule has 1 saturated heterocycles. The molecule has 2 N–H and O–H groups in total. The molecule has 4 rings (SSSR count). The molecule has 6 heteroatoms. The van der Waals surface area contributed by atoms with E-state index in [-0.39, 0.29) is 33.9 Å². The zero-order chi connectivity index (χ0) is 22.4. The van der Waals surface area contributed by atoms with E-state index in [2.05, 4.69) is 26.1 Å². The van der Waals surface area contributed by atoms with Crippen LogP contribution in [0.3, 0.4) is 0 Å². The Morgan fingerprint density at radius 1 is 0.968 bits per heavy atom. The Bertz CT molecular complexity index is 1040. The van der Waals surface area contributed by atoms with Gasteiger partial charge in [-0.1, -0.05) is 26.8 Å². The lowest BCUT2D eigenvalue weighted by Gasteiger charge is -2.39. The summed E-state index contributed by atoms with van der Waals surface area (Å²) < 4.78 is 0. The predicted octanol–water partition coefficient (Wildman–Crippen LogP) is 4.68. The minimum absolute atomic E-state index is 0.0402. The molecule has 6 nitrogen and oxygen atoms in total. The van der Waals surface area contributed by atoms with Gasteiger partial charge in [0.2, 0.25) is 0 Å². The van der Waals surface area contributed by atoms with Crippen molar-refractivity contribution in [1.82, 2.24) is 4.90 Å². The smallest absolute Gasteiger partial charge is 0.335 e. The second kappa shape index (κ2) is 7.52. The number of likely N-dealkylation sites (tertiary alicyclic amines) is 1. The van der Waals surface area contributed by atoms with Crippen molar-refractivity contribution in [2.45, 2.75) is 46.1 Å². The third kappa shape index (κ3) is 4.33. The van der Waals surface area contributed by atoms with Gasteiger partial charge in [-0.3, -0.25) is 9.59 Å². The van der Waals surface area contributed by atoms with Gasteiger partial charge in [-0.2, -0.15) is 0 Å². The average molecular weight is 421 g/mol. The SMILES string of the molecule is CC1(C)CC2CC(C)(CN2C(=O)c2ccc(NC(=O)c3cccc(C(=O)O)c3)cc2)C1. The van der Waals surface area contributed by atoms with E-state index in [1.807, 2.05) is 4.90 Å². The first-order valence-corrected chi connectivity index (χ1v) is 10.6. The van der Waals surface area contributed by atoms with Gasteiger partial charge in [-0.15, -0.1) is 0 Å². The number of hydrogen-bond donors (Lipinski definition) is 2. The Morgan fingerprint density at radius 2 is 1.65 bits per heavy atom. The molecule has 2 fully saturated rings. The summed E-state index contributed by atoms with van der Waals surface area (Å²) >= 11 is 0. The van der Waals surface area contributed by atoms with E-state index in [0.29, 0.717) is 11.3 Å². The molecule has 0 aromatic heterocycles. The Kier molecular flexibility index (Phi) is 5.12. The molecular weight excluding hydrogens is 392 g/mol. The summed E-state index contributed by atoms with van der Waals surface area (Å²) in [6.07, 6.45) is 3.22. The van der Waals surface area contributed by atoms with Crippen molar-refractivity contribution in [3.05, 3.63) is 65.2 Å². The van der Waals surface area contributed by atoms with Gasteiger partial charge in [0.1, 0.15) is 0 Å². The van der Waals surface area contributed by atoms with Crippen LogP contribution in [0.2, 0.25) is 0 Å². The average Bonchev–Trinajstić information content (AvgIpc) is 2.96. The summed E-state index contributed by atoms with van der Waals surface area (Å²) in [4.78, 5) is 38.8. The molecule has 2 aliphatic rings. The van der Waals surface area contributed by atoms with Gasteiger partial charge in [0.05, 0.1) is 5.56 Å². The van der Waals surface area contributed by atoms with Crippen molar-refractivity contribution in [2.24, 2.45) is 10.8 Å². The number of carbonyl (C=O) groups excluding carboxylic acids is 2. The lowest BCUT2D eigenvalue weighted by atomic mass is 9.65. The van der Waals surface area contributed by atoms with Gasteiger partial charge >= 0.3 is 5.97 Å². The van der Waals surface area contributed by atoms with Crippen LogP contribution in [0.25, 0.3) is 0 Å². The summed E-state index contributed by atoms with van der Waals surface area (Å²) in [5.74, 6) is -1.44. The molecule has 162 valence electrons. The zero-order valence-corrected chi connectivity index (χ0v) is 18.1. The van der Waals surface area contributed by atoms with Gasteiger partial charge in [0, 0.05) is 29.4 Å². The number of anilines is 1. The van der Waals surface area contributed by atoms with E-state index in [0.717, 1.165) is 25.8 Å². The number of rotatable bonds is 4. The summed E-state index contributed by atoms with van der Waals surface area (Å²) in [6.45, 7) is 7.65. The van der Waals surface area contributed by atoms with Gasteiger partial charge < -0.3 is 15.3 Å². The van der Waals surface area contributed by atoms with E-state index >= 15 is 0 Å². The van der Waals surface area contributed by atoms with Crippen LogP contribution in [-0.2, 0) is 0 Å². The summed E-state index contributed by atoms with van der Waals surface area (Å²) in [5.41, 5.74) is 1.91. The fourth-order valence-electron chi connectivity index (χ4n) is 5.56. The summed E-state index contributed by atoms with van der Waals surface area (Å²) in [5, 5.41) is 11.8. The highest BCUT2D eigenvalue weighted by molar-refractivity contribution is 6.05. The van der Waals surface area contributed by atoms with Gasteiger partial charge in [-0.05, 0) is 72.6 Å². The first-order valence-electron chi connectivity index (χ1n) is 10.6. The molecule has 31 heavy (non-hydrogen) atoms. The Hall–Kier alpha value is -3.15. The number of nitrogens with zero attached hydrogens (tertiary/aromatic N) is 1. The van der Waals surface area contributed by atoms with Gasteiger partial charge in [0.25, 0.3) is 11.8 Å². The molecule has 2 aromatic carbocycles. The van der Waals surface area contributed by atoms with Crippen LogP contribution in [-0.4, -0.2) is 40.4 Å². The highest BCUT2D eigenvalue weighted by atomic mass is 16.4. The first kappa shape index (κ1) is 21.1. The maximum Gasteiger partial charge on any atom is 0.335 e. The molecule has 2 aromatic rings. The molecule has 2 amide bonds. The van der Waals surface area contributed by atoms with Gasteiger partial charge in [-0.25, -0.2) is 4.79 Å². The number of carboxylic acid groups (broad SMARTS) is 1. The quantitative estimate of drug-likeness (QED) is 0.752. The molecule has 1 heterocycles. The van der Waals surface area contributed by atoms with E-state index in [1.165, 1.54) is 18.2 Å². The second-order valence-electron chi connectivity index (χ2n) is 10.1. The lowest BCUT2D eigenvalue weighted by Crippen LogP contribution is -2.37. The molecule has 2 unspecified atom stereocenters. The molecule has 2 atom stereocenters. The standard InChI is InChI=1S/C25H28N2O4/c1-24(2)12-20-13-25(3,14-24)15-27(20)22(29)16-7-9-19(10-8-16)26-21(28)17-5-4-6-18(11-17)23(30)31/h4-11,20H,12-15H2,1-3H3,(H,26,28)(H,30,31). The number of benzene rings is 2. The van der Waals surface area contributed by atoms with Crippen molar-refractivity contribution in [1.29, 1.82) is 0 Å². The molecule has 1 aliphatic carbocycles. The summed E-state index contributed by atoms with van der Waals surface area (Å²) in [6, 6.07) is 13.0. The fraction of sp³-hybridized carbons (Fsp3) is 0.400. The molecule has 2 bridgehead atoms. The van der Waals surface area contributed by atoms with Crippen LogP contribution >= 0.6 is 0 Å². The van der Waals surface area contributed by atoms with Crippen molar-refractivity contribution in [3.63, 3.8) is 0 Å². The van der Waals surface area contributed by atoms with Gasteiger partial charge in [0.15, 0.2) is 0 Å². The Morgan fingerprint density at radius 3 is 2.32 bits per heavy atom. The van der Waals surface area contributed by atoms with Crippen LogP contribution in [0, 0.1) is 10.8 Å². The monoisotopic (exact) mass is 420 g/mol. The predicted molar refractivity (Wildman–Crippen MR) is 118 cm³/mol. The normalized spacial score (nSPS) is 24.0. The molecule has 0 spiro atoms. The third-order valence-electron chi connectivity index (χ3n) is 6.44. The van der Waals surface area contributed by atoms with E-state index in [1.54, 1.807) is 30.3 Å². The topological polar surface area (TPSA) is 86.7 Å². The van der Waals surface area contributed by atoms with Crippen LogP contribution in [0.15, 0.2) is 48.5 Å². The largest absolute Gasteiger partial charge is 0.478 e. The Labute approximate surface area is 182 Å². The summed E-state index contributed by atoms with van der Waals surface area (Å²) in [7, 11) is 0. The minimum Gasteiger partial charge on any atom is -0.478 e. The third-order valence-corrected chi connectivity index (χ3v) is 6.44. The molecular formula is C25H28N2O4. The minimum atomic E-state index is -1.08. The van der Waals surface area contributed by atoms with Crippen molar-refractivity contribution < 1.29 is 19.5 Å². The molecule has 1 aliphatic heterocycles. The molecule has 0 radical (unpaired) electrons. The molecule has 1 saturated carbocycles. The zero-order valence-electron chi connectivity index (χ0n) is 18.1. The fourth-order valence-corrected chi connectivity index (χ4v) is 5.56. The van der Waals surface area contributed by atoms with Crippen LogP contribution in [0.1, 0.15) is 71.1 Å². The number of hydrogen-bond acceptors (Lipinski definition) is 3. The highest BCUT2D eigenvalue weighted by Gasteiger charge is 2.50. The Balaban J connectivity index is 1.45. The number of nitrogens with one attached hydrogen (secondary N) is 1. The van der Waals surface area contributed by atoms with Crippen LogP contribution < -0.4 is 5.32 Å².